The SMILES string of the molecule is COc1cc(CC(=O)N[C@H](c2ccccc2N2CCCCC2)C(C)C)ccc1N. The molecule has 0 saturated carbocycles. The van der Waals surface area contributed by atoms with Gasteiger partial charge in [0.05, 0.1) is 25.3 Å². The van der Waals surface area contributed by atoms with E-state index < -0.39 is 0 Å². The Hall–Kier alpha value is -2.69. The van der Waals surface area contributed by atoms with Gasteiger partial charge in [-0.15, -0.1) is 0 Å². The minimum atomic E-state index is -0.0312. The Bertz CT molecular complexity index is 829. The molecule has 1 aliphatic heterocycles. The molecule has 0 bridgehead atoms. The van der Waals surface area contributed by atoms with Crippen LogP contribution in [0.3, 0.4) is 0 Å². The number of methoxy groups -OCH3 is 1. The fraction of sp³-hybridized carbons (Fsp3) is 0.458. The van der Waals surface area contributed by atoms with E-state index in [4.69, 9.17) is 10.5 Å². The molecule has 0 radical (unpaired) electrons. The van der Waals surface area contributed by atoms with Crippen molar-refractivity contribution in [3.63, 3.8) is 0 Å². The number of carbonyl (C=O) groups is 1. The van der Waals surface area contributed by atoms with Crippen LogP contribution in [0.15, 0.2) is 42.5 Å². The summed E-state index contributed by atoms with van der Waals surface area (Å²) in [5.41, 5.74) is 9.80. The summed E-state index contributed by atoms with van der Waals surface area (Å²) in [6.45, 7) is 6.48. The average molecular weight is 396 g/mol. The number of nitrogens with one attached hydrogen (secondary N) is 1. The molecule has 156 valence electrons. The minimum absolute atomic E-state index is 0.00368. The van der Waals surface area contributed by atoms with E-state index in [9.17, 15) is 4.79 Å². The number of hydrogen-bond donors (Lipinski definition) is 2. The number of piperidine rings is 1. The maximum atomic E-state index is 12.9. The molecule has 29 heavy (non-hydrogen) atoms. The van der Waals surface area contributed by atoms with Crippen molar-refractivity contribution in [3.05, 3.63) is 53.6 Å². The number of para-hydroxylation sites is 1. The van der Waals surface area contributed by atoms with Gasteiger partial charge in [-0.25, -0.2) is 0 Å². The highest BCUT2D eigenvalue weighted by Gasteiger charge is 2.24. The van der Waals surface area contributed by atoms with Gasteiger partial charge in [0.1, 0.15) is 5.75 Å². The summed E-state index contributed by atoms with van der Waals surface area (Å²) in [6, 6.07) is 14.0. The molecule has 1 amide bonds. The van der Waals surface area contributed by atoms with Gasteiger partial charge in [-0.1, -0.05) is 38.1 Å². The fourth-order valence-corrected chi connectivity index (χ4v) is 4.05. The standard InChI is InChI=1S/C24H33N3O2/c1-17(2)24(19-9-5-6-10-21(19)27-13-7-4-8-14-27)26-23(28)16-18-11-12-20(25)22(15-18)29-3/h5-6,9-12,15,17,24H,4,7-8,13-14,16,25H2,1-3H3,(H,26,28)/t24-/m0/s1. The lowest BCUT2D eigenvalue weighted by Gasteiger charge is -2.34. The molecular formula is C24H33N3O2. The molecule has 3 N–H and O–H groups in total. The van der Waals surface area contributed by atoms with E-state index in [2.05, 4.69) is 48.3 Å². The van der Waals surface area contributed by atoms with Crippen molar-refractivity contribution in [1.82, 2.24) is 5.32 Å². The Labute approximate surface area is 174 Å². The van der Waals surface area contributed by atoms with Gasteiger partial charge in [0.25, 0.3) is 0 Å². The van der Waals surface area contributed by atoms with Gasteiger partial charge in [0.2, 0.25) is 5.91 Å². The zero-order valence-corrected chi connectivity index (χ0v) is 17.8. The lowest BCUT2D eigenvalue weighted by Crippen LogP contribution is -2.36. The first kappa shape index (κ1) is 21.0. The summed E-state index contributed by atoms with van der Waals surface area (Å²) >= 11 is 0. The van der Waals surface area contributed by atoms with Crippen LogP contribution in [0.4, 0.5) is 11.4 Å². The summed E-state index contributed by atoms with van der Waals surface area (Å²) in [5.74, 6) is 0.890. The molecule has 5 nitrogen and oxygen atoms in total. The summed E-state index contributed by atoms with van der Waals surface area (Å²) in [7, 11) is 1.59. The number of benzene rings is 2. The van der Waals surface area contributed by atoms with Gasteiger partial charge in [-0.05, 0) is 54.5 Å². The predicted octanol–water partition coefficient (Wildman–Crippen LogP) is 4.32. The number of carbonyl (C=O) groups excluding carboxylic acids is 1. The summed E-state index contributed by atoms with van der Waals surface area (Å²) in [5, 5.41) is 3.28. The second-order valence-corrected chi connectivity index (χ2v) is 8.15. The van der Waals surface area contributed by atoms with Crippen molar-refractivity contribution in [2.24, 2.45) is 5.92 Å². The highest BCUT2D eigenvalue weighted by molar-refractivity contribution is 5.80. The lowest BCUT2D eigenvalue weighted by molar-refractivity contribution is -0.121. The molecule has 3 rings (SSSR count). The highest BCUT2D eigenvalue weighted by atomic mass is 16.5. The number of amides is 1. The van der Waals surface area contributed by atoms with Crippen LogP contribution in [0, 0.1) is 5.92 Å². The number of nitrogens with two attached hydrogens (primary N) is 1. The van der Waals surface area contributed by atoms with Gasteiger partial charge >= 0.3 is 0 Å². The van der Waals surface area contributed by atoms with E-state index in [1.165, 1.54) is 30.5 Å². The largest absolute Gasteiger partial charge is 0.495 e. The molecule has 0 spiro atoms. The number of nitrogens with zero attached hydrogens (tertiary/aromatic N) is 1. The van der Waals surface area contributed by atoms with E-state index in [-0.39, 0.29) is 17.9 Å². The number of nitrogen functional groups attached to an aromatic ring is 1. The number of anilines is 2. The average Bonchev–Trinajstić information content (AvgIpc) is 2.74. The van der Waals surface area contributed by atoms with Crippen LogP contribution in [-0.2, 0) is 11.2 Å². The monoisotopic (exact) mass is 395 g/mol. The van der Waals surface area contributed by atoms with E-state index in [0.717, 1.165) is 18.7 Å². The van der Waals surface area contributed by atoms with Crippen LogP contribution in [0.2, 0.25) is 0 Å². The van der Waals surface area contributed by atoms with Gasteiger partial charge in [-0.2, -0.15) is 0 Å². The fourth-order valence-electron chi connectivity index (χ4n) is 4.05. The van der Waals surface area contributed by atoms with Crippen molar-refractivity contribution >= 4 is 17.3 Å². The third-order valence-corrected chi connectivity index (χ3v) is 5.61. The normalized spacial score (nSPS) is 15.2. The minimum Gasteiger partial charge on any atom is -0.495 e. The Morgan fingerprint density at radius 1 is 1.14 bits per heavy atom. The topological polar surface area (TPSA) is 67.6 Å². The quantitative estimate of drug-likeness (QED) is 0.685. The molecule has 0 unspecified atom stereocenters. The maximum Gasteiger partial charge on any atom is 0.224 e. The van der Waals surface area contributed by atoms with Crippen molar-refractivity contribution in [3.8, 4) is 5.75 Å². The summed E-state index contributed by atoms with van der Waals surface area (Å²) in [4.78, 5) is 15.3. The van der Waals surface area contributed by atoms with Crippen LogP contribution in [-0.4, -0.2) is 26.1 Å². The molecular weight excluding hydrogens is 362 g/mol. The molecule has 2 aromatic carbocycles. The zero-order valence-electron chi connectivity index (χ0n) is 17.8. The summed E-state index contributed by atoms with van der Waals surface area (Å²) < 4.78 is 5.28. The van der Waals surface area contributed by atoms with Gasteiger partial charge in [-0.3, -0.25) is 4.79 Å². The molecule has 0 aliphatic carbocycles. The van der Waals surface area contributed by atoms with Gasteiger partial charge in [0.15, 0.2) is 0 Å². The Morgan fingerprint density at radius 2 is 1.86 bits per heavy atom. The van der Waals surface area contributed by atoms with Crippen molar-refractivity contribution < 1.29 is 9.53 Å². The zero-order chi connectivity index (χ0) is 20.8. The molecule has 2 aromatic rings. The Kier molecular flexibility index (Phi) is 7.02. The molecule has 1 atom stereocenters. The van der Waals surface area contributed by atoms with Crippen molar-refractivity contribution in [1.29, 1.82) is 0 Å². The van der Waals surface area contributed by atoms with Crippen LogP contribution in [0.25, 0.3) is 0 Å². The van der Waals surface area contributed by atoms with E-state index in [1.807, 2.05) is 12.1 Å². The third-order valence-electron chi connectivity index (χ3n) is 5.61. The maximum absolute atomic E-state index is 12.9. The van der Waals surface area contributed by atoms with E-state index >= 15 is 0 Å². The van der Waals surface area contributed by atoms with Crippen LogP contribution in [0.1, 0.15) is 50.3 Å². The Balaban J connectivity index is 1.78. The van der Waals surface area contributed by atoms with Gasteiger partial charge in [0, 0.05) is 18.8 Å². The second kappa shape index (κ2) is 9.68. The predicted molar refractivity (Wildman–Crippen MR) is 119 cm³/mol. The molecule has 0 aromatic heterocycles. The number of hydrogen-bond acceptors (Lipinski definition) is 4. The second-order valence-electron chi connectivity index (χ2n) is 8.15. The van der Waals surface area contributed by atoms with E-state index in [0.29, 0.717) is 17.9 Å². The highest BCUT2D eigenvalue weighted by Crippen LogP contribution is 2.32. The van der Waals surface area contributed by atoms with Crippen molar-refractivity contribution in [2.75, 3.05) is 30.8 Å². The molecule has 1 aliphatic rings. The van der Waals surface area contributed by atoms with E-state index in [1.54, 1.807) is 13.2 Å². The number of rotatable bonds is 7. The molecule has 1 fully saturated rings. The van der Waals surface area contributed by atoms with Crippen LogP contribution < -0.4 is 20.7 Å². The molecule has 1 saturated heterocycles. The first-order valence-corrected chi connectivity index (χ1v) is 10.5. The van der Waals surface area contributed by atoms with Crippen LogP contribution in [0.5, 0.6) is 5.75 Å². The van der Waals surface area contributed by atoms with Gasteiger partial charge < -0.3 is 20.7 Å². The number of ether oxygens (including phenoxy) is 1. The van der Waals surface area contributed by atoms with Crippen LogP contribution >= 0.6 is 0 Å². The first-order chi connectivity index (χ1) is 14.0. The Morgan fingerprint density at radius 3 is 2.55 bits per heavy atom. The first-order valence-electron chi connectivity index (χ1n) is 10.5. The lowest BCUT2D eigenvalue weighted by atomic mass is 9.93. The third kappa shape index (κ3) is 5.22. The molecule has 5 heteroatoms. The molecule has 1 heterocycles. The van der Waals surface area contributed by atoms with Crippen molar-refractivity contribution in [2.45, 2.75) is 45.6 Å². The summed E-state index contributed by atoms with van der Waals surface area (Å²) in [6.07, 6.45) is 4.05. The smallest absolute Gasteiger partial charge is 0.224 e.